The van der Waals surface area contributed by atoms with E-state index in [0.717, 1.165) is 11.0 Å². The molecule has 0 amide bonds. The van der Waals surface area contributed by atoms with Crippen molar-refractivity contribution < 1.29 is 9.31 Å². The number of hydrogen-bond donors (Lipinski definition) is 0. The maximum absolute atomic E-state index is 6.47. The molecule has 1 heterocycles. The fourth-order valence-corrected chi connectivity index (χ4v) is 5.62. The van der Waals surface area contributed by atoms with Gasteiger partial charge in [0, 0.05) is 0 Å². The molecule has 1 fully saturated rings. The van der Waals surface area contributed by atoms with Crippen LogP contribution in [0.1, 0.15) is 33.3 Å². The summed E-state index contributed by atoms with van der Waals surface area (Å²) in [5, 5.41) is 2.62. The Morgan fingerprint density at radius 1 is 0.667 bits per heavy atom. The van der Waals surface area contributed by atoms with Gasteiger partial charge in [0.05, 0.1) is 11.2 Å². The van der Waals surface area contributed by atoms with Gasteiger partial charge >= 0.3 is 7.12 Å². The summed E-state index contributed by atoms with van der Waals surface area (Å²) < 4.78 is 12.9. The van der Waals surface area contributed by atoms with E-state index in [9.17, 15) is 0 Å². The highest BCUT2D eigenvalue weighted by Crippen LogP contribution is 2.44. The van der Waals surface area contributed by atoms with Crippen molar-refractivity contribution in [1.29, 1.82) is 0 Å². The topological polar surface area (TPSA) is 18.5 Å². The highest BCUT2D eigenvalue weighted by atomic mass is 31.1. The van der Waals surface area contributed by atoms with Gasteiger partial charge in [0.2, 0.25) is 0 Å². The van der Waals surface area contributed by atoms with Crippen LogP contribution in [0, 0.1) is 0 Å². The molecule has 1 saturated heterocycles. The van der Waals surface area contributed by atoms with Gasteiger partial charge in [-0.15, -0.1) is 0 Å². The Balaban J connectivity index is 1.84. The molecule has 0 bridgehead atoms. The molecule has 30 heavy (non-hydrogen) atoms. The third-order valence-electron chi connectivity index (χ3n) is 5.95. The summed E-state index contributed by atoms with van der Waals surface area (Å²) in [4.78, 5) is 0. The molecule has 3 aromatic rings. The molecule has 4 heteroatoms. The van der Waals surface area contributed by atoms with Crippen LogP contribution in [0.25, 0.3) is 5.47 Å². The molecule has 152 valence electrons. The second-order valence-electron chi connectivity index (χ2n) is 8.58. The summed E-state index contributed by atoms with van der Waals surface area (Å²) in [6, 6.07) is 31.9. The van der Waals surface area contributed by atoms with E-state index >= 15 is 0 Å². The van der Waals surface area contributed by atoms with Gasteiger partial charge in [0.15, 0.2) is 0 Å². The summed E-state index contributed by atoms with van der Waals surface area (Å²) in [6.45, 7) is 8.42. The normalized spacial score (nSPS) is 18.0. The predicted molar refractivity (Wildman–Crippen MR) is 130 cm³/mol. The van der Waals surface area contributed by atoms with Crippen molar-refractivity contribution in [2.45, 2.75) is 38.9 Å². The van der Waals surface area contributed by atoms with Gasteiger partial charge in [-0.1, -0.05) is 96.8 Å². The van der Waals surface area contributed by atoms with Crippen molar-refractivity contribution >= 4 is 31.1 Å². The molecular formula is C26H28BO2P. The van der Waals surface area contributed by atoms with Crippen LogP contribution in [0.15, 0.2) is 96.8 Å². The first-order valence-corrected chi connectivity index (χ1v) is 11.8. The van der Waals surface area contributed by atoms with Gasteiger partial charge < -0.3 is 9.31 Å². The second-order valence-corrected chi connectivity index (χ2v) is 10.6. The standard InChI is InChI=1S/C26H28BO2P/c1-25(2)26(3,4)29-27(28-25)24(21-14-8-5-9-15-21)20-30(22-16-10-6-11-17-22)23-18-12-7-13-19-23/h5-20H,1-4H3/b24-20+. The molecule has 0 N–H and O–H groups in total. The maximum Gasteiger partial charge on any atom is 0.495 e. The van der Waals surface area contributed by atoms with Gasteiger partial charge in [-0.2, -0.15) is 0 Å². The van der Waals surface area contributed by atoms with Crippen molar-refractivity contribution in [3.05, 3.63) is 102 Å². The summed E-state index contributed by atoms with van der Waals surface area (Å²) in [7, 11) is -1.12. The van der Waals surface area contributed by atoms with Gasteiger partial charge in [-0.25, -0.2) is 0 Å². The smallest absolute Gasteiger partial charge is 0.399 e. The summed E-state index contributed by atoms with van der Waals surface area (Å²) in [6.07, 6.45) is 0. The van der Waals surface area contributed by atoms with Gasteiger partial charge in [-0.05, 0) is 57.3 Å². The monoisotopic (exact) mass is 414 g/mol. The Morgan fingerprint density at radius 2 is 1.07 bits per heavy atom. The minimum atomic E-state index is -0.714. The Kier molecular flexibility index (Phi) is 5.98. The molecule has 3 aromatic carbocycles. The molecule has 0 radical (unpaired) electrons. The van der Waals surface area contributed by atoms with Crippen molar-refractivity contribution in [3.63, 3.8) is 0 Å². The third kappa shape index (κ3) is 4.30. The first-order valence-electron chi connectivity index (χ1n) is 10.4. The highest BCUT2D eigenvalue weighted by Gasteiger charge is 2.52. The maximum atomic E-state index is 6.47. The lowest BCUT2D eigenvalue weighted by Gasteiger charge is -2.32. The van der Waals surface area contributed by atoms with E-state index in [-0.39, 0.29) is 11.2 Å². The molecule has 0 spiro atoms. The van der Waals surface area contributed by atoms with Crippen molar-refractivity contribution in [2.24, 2.45) is 0 Å². The molecular weight excluding hydrogens is 386 g/mol. The van der Waals surface area contributed by atoms with Gasteiger partial charge in [0.1, 0.15) is 0 Å². The average molecular weight is 414 g/mol. The van der Waals surface area contributed by atoms with E-state index in [0.29, 0.717) is 0 Å². The largest absolute Gasteiger partial charge is 0.495 e. The first-order chi connectivity index (χ1) is 14.4. The van der Waals surface area contributed by atoms with Crippen LogP contribution in [-0.2, 0) is 9.31 Å². The molecule has 0 saturated carbocycles. The van der Waals surface area contributed by atoms with E-state index < -0.39 is 15.0 Å². The molecule has 1 aliphatic heterocycles. The minimum Gasteiger partial charge on any atom is -0.399 e. The lowest BCUT2D eigenvalue weighted by atomic mass is 9.75. The number of hydrogen-bond acceptors (Lipinski definition) is 2. The average Bonchev–Trinajstić information content (AvgIpc) is 2.97. The van der Waals surface area contributed by atoms with Gasteiger partial charge in [0.25, 0.3) is 0 Å². The van der Waals surface area contributed by atoms with Crippen molar-refractivity contribution in [1.82, 2.24) is 0 Å². The molecule has 2 nitrogen and oxygen atoms in total. The SMILES string of the molecule is CC1(C)OB(/C(=C/P(c2ccccc2)c2ccccc2)c2ccccc2)OC1(C)C. The van der Waals surface area contributed by atoms with Crippen LogP contribution in [-0.4, -0.2) is 18.3 Å². The van der Waals surface area contributed by atoms with E-state index in [1.54, 1.807) is 0 Å². The van der Waals surface area contributed by atoms with Crippen molar-refractivity contribution in [2.75, 3.05) is 0 Å². The zero-order valence-corrected chi connectivity index (χ0v) is 19.0. The first kappa shape index (κ1) is 21.1. The Labute approximate surface area is 181 Å². The molecule has 0 unspecified atom stereocenters. The number of rotatable bonds is 5. The summed E-state index contributed by atoms with van der Waals surface area (Å²) in [5.41, 5.74) is 1.46. The van der Waals surface area contributed by atoms with E-state index in [2.05, 4.69) is 118 Å². The fraction of sp³-hybridized carbons (Fsp3) is 0.231. The molecule has 4 rings (SSSR count). The van der Waals surface area contributed by atoms with Crippen molar-refractivity contribution in [3.8, 4) is 0 Å². The number of benzene rings is 3. The van der Waals surface area contributed by atoms with E-state index in [1.807, 2.05) is 6.07 Å². The van der Waals surface area contributed by atoms with Gasteiger partial charge in [-0.3, -0.25) is 0 Å². The van der Waals surface area contributed by atoms with E-state index in [4.69, 9.17) is 9.31 Å². The predicted octanol–water partition coefficient (Wildman–Crippen LogP) is 5.79. The van der Waals surface area contributed by atoms with Crippen LogP contribution in [0.3, 0.4) is 0 Å². The quantitative estimate of drug-likeness (QED) is 0.389. The summed E-state index contributed by atoms with van der Waals surface area (Å²) >= 11 is 0. The molecule has 0 aromatic heterocycles. The zero-order valence-electron chi connectivity index (χ0n) is 18.1. The molecule has 0 aliphatic carbocycles. The lowest BCUT2D eigenvalue weighted by Crippen LogP contribution is -2.41. The second kappa shape index (κ2) is 8.51. The third-order valence-corrected chi connectivity index (χ3v) is 8.20. The molecule has 1 aliphatic rings. The Morgan fingerprint density at radius 3 is 1.50 bits per heavy atom. The Bertz CT molecular complexity index is 945. The van der Waals surface area contributed by atoms with Crippen LogP contribution >= 0.6 is 7.92 Å². The van der Waals surface area contributed by atoms with Crippen LogP contribution < -0.4 is 10.6 Å². The fourth-order valence-electron chi connectivity index (χ4n) is 3.49. The molecule has 0 atom stereocenters. The lowest BCUT2D eigenvalue weighted by molar-refractivity contribution is 0.00578. The van der Waals surface area contributed by atoms with Crippen LogP contribution in [0.5, 0.6) is 0 Å². The van der Waals surface area contributed by atoms with E-state index in [1.165, 1.54) is 10.6 Å². The minimum absolute atomic E-state index is 0.381. The van der Waals surface area contributed by atoms with Crippen LogP contribution in [0.2, 0.25) is 0 Å². The zero-order chi connectivity index (χ0) is 21.2. The summed E-state index contributed by atoms with van der Waals surface area (Å²) in [5.74, 6) is 2.37. The van der Waals surface area contributed by atoms with Crippen LogP contribution in [0.4, 0.5) is 0 Å². The Hall–Kier alpha value is -2.19. The highest BCUT2D eigenvalue weighted by molar-refractivity contribution is 7.76.